The summed E-state index contributed by atoms with van der Waals surface area (Å²) in [4.78, 5) is 23.0. The first-order valence-electron chi connectivity index (χ1n) is 12.0. The van der Waals surface area contributed by atoms with E-state index in [2.05, 4.69) is 15.3 Å². The van der Waals surface area contributed by atoms with Crippen molar-refractivity contribution >= 4 is 45.9 Å². The molecule has 9 nitrogen and oxygen atoms in total. The molecule has 0 atom stereocenters. The van der Waals surface area contributed by atoms with Crippen molar-refractivity contribution in [3.05, 3.63) is 65.6 Å². The fourth-order valence-electron chi connectivity index (χ4n) is 4.27. The number of anilines is 3. The maximum absolute atomic E-state index is 12.7. The number of amides is 1. The Morgan fingerprint density at radius 2 is 2.00 bits per heavy atom. The highest BCUT2D eigenvalue weighted by molar-refractivity contribution is 6.32. The molecule has 10 heteroatoms. The lowest BCUT2D eigenvalue weighted by atomic mass is 10.1. The van der Waals surface area contributed by atoms with Crippen LogP contribution in [0.15, 0.2) is 55.0 Å². The van der Waals surface area contributed by atoms with Crippen LogP contribution in [0.1, 0.15) is 26.3 Å². The third kappa shape index (κ3) is 5.33. The number of ether oxygens (including phenoxy) is 2. The number of carbonyl (C=O) groups is 1. The van der Waals surface area contributed by atoms with Gasteiger partial charge in [0, 0.05) is 31.0 Å². The number of hydrogen-bond acceptors (Lipinski definition) is 7. The molecule has 1 aliphatic heterocycles. The third-order valence-corrected chi connectivity index (χ3v) is 6.18. The normalized spacial score (nSPS) is 13.1. The fourth-order valence-corrected chi connectivity index (χ4v) is 4.49. The number of carbonyl (C=O) groups excluding carboxylic acids is 1. The molecule has 0 spiro atoms. The van der Waals surface area contributed by atoms with E-state index >= 15 is 0 Å². The van der Waals surface area contributed by atoms with E-state index in [1.807, 2.05) is 61.9 Å². The van der Waals surface area contributed by atoms with Crippen molar-refractivity contribution < 1.29 is 19.4 Å². The predicted molar refractivity (Wildman–Crippen MR) is 143 cm³/mol. The minimum Gasteiger partial charge on any atom is -0.456 e. The van der Waals surface area contributed by atoms with Gasteiger partial charge in [-0.25, -0.2) is 14.8 Å². The number of fused-ring (bicyclic) bond motifs is 2. The molecule has 0 fully saturated rings. The van der Waals surface area contributed by atoms with Gasteiger partial charge in [0.1, 0.15) is 28.9 Å². The van der Waals surface area contributed by atoms with Crippen LogP contribution in [0.25, 0.3) is 11.0 Å². The number of rotatable bonds is 6. The second-order valence-corrected chi connectivity index (χ2v) is 10.1. The average Bonchev–Trinajstić information content (AvgIpc) is 3.45. The van der Waals surface area contributed by atoms with Crippen LogP contribution >= 0.6 is 11.6 Å². The van der Waals surface area contributed by atoms with Crippen LogP contribution in [0.2, 0.25) is 5.02 Å². The Bertz CT molecular complexity index is 1460. The maximum Gasteiger partial charge on any atom is 0.414 e. The highest BCUT2D eigenvalue weighted by Gasteiger charge is 2.29. The Balaban J connectivity index is 1.34. The summed E-state index contributed by atoms with van der Waals surface area (Å²) in [5.41, 5.74) is 3.55. The van der Waals surface area contributed by atoms with E-state index in [4.69, 9.17) is 21.1 Å². The monoisotopic (exact) mass is 521 g/mol. The number of aromatic nitrogens is 3. The van der Waals surface area contributed by atoms with E-state index < -0.39 is 5.60 Å². The largest absolute Gasteiger partial charge is 0.456 e. The molecular weight excluding hydrogens is 494 g/mol. The van der Waals surface area contributed by atoms with Crippen molar-refractivity contribution in [1.29, 1.82) is 0 Å². The Hall–Kier alpha value is -3.82. The van der Waals surface area contributed by atoms with Crippen molar-refractivity contribution in [1.82, 2.24) is 14.5 Å². The molecule has 3 heterocycles. The highest BCUT2D eigenvalue weighted by atomic mass is 35.5. The standard InChI is InChI=1S/C27H28ClN5O4/c1-27(2,3)37-26(35)33-11-8-17-4-6-19(15-22(17)33)36-23-7-5-18(14-20(23)28)31-25-24-21(29-16-30-25)9-10-32(24)12-13-34/h4-7,9-10,14-16,34H,8,11-13H2,1-3H3,(H,29,30,31). The van der Waals surface area contributed by atoms with E-state index in [-0.39, 0.29) is 12.7 Å². The van der Waals surface area contributed by atoms with E-state index in [0.29, 0.717) is 35.4 Å². The number of benzene rings is 2. The zero-order chi connectivity index (χ0) is 26.2. The van der Waals surface area contributed by atoms with Crippen LogP contribution in [0.4, 0.5) is 22.0 Å². The van der Waals surface area contributed by atoms with Gasteiger partial charge in [-0.15, -0.1) is 0 Å². The topological polar surface area (TPSA) is 102 Å². The Morgan fingerprint density at radius 3 is 2.76 bits per heavy atom. The zero-order valence-electron chi connectivity index (χ0n) is 20.9. The number of hydrogen-bond donors (Lipinski definition) is 2. The minimum atomic E-state index is -0.573. The van der Waals surface area contributed by atoms with Gasteiger partial charge in [-0.05, 0) is 63.1 Å². The third-order valence-electron chi connectivity index (χ3n) is 5.88. The lowest BCUT2D eigenvalue weighted by molar-refractivity contribution is 0.0584. The van der Waals surface area contributed by atoms with Crippen molar-refractivity contribution in [2.75, 3.05) is 23.4 Å². The summed E-state index contributed by atoms with van der Waals surface area (Å²) in [6, 6.07) is 12.9. The number of aliphatic hydroxyl groups is 1. The molecular formula is C27H28ClN5O4. The van der Waals surface area contributed by atoms with E-state index in [1.165, 1.54) is 6.33 Å². The smallest absolute Gasteiger partial charge is 0.414 e. The molecule has 192 valence electrons. The summed E-state index contributed by atoms with van der Waals surface area (Å²) in [7, 11) is 0. The van der Waals surface area contributed by atoms with Gasteiger partial charge >= 0.3 is 6.09 Å². The van der Waals surface area contributed by atoms with Gasteiger partial charge in [0.15, 0.2) is 5.82 Å². The van der Waals surface area contributed by atoms with E-state index in [0.717, 1.165) is 34.4 Å². The fraction of sp³-hybridized carbons (Fsp3) is 0.296. The molecule has 2 N–H and O–H groups in total. The second-order valence-electron chi connectivity index (χ2n) is 9.73. The Labute approximate surface area is 219 Å². The SMILES string of the molecule is CC(C)(C)OC(=O)N1CCc2ccc(Oc3ccc(Nc4ncnc5ccn(CCO)c45)cc3Cl)cc21. The summed E-state index contributed by atoms with van der Waals surface area (Å²) in [6.45, 7) is 6.55. The molecule has 0 aliphatic carbocycles. The lowest BCUT2D eigenvalue weighted by Gasteiger charge is -2.25. The molecule has 2 aromatic carbocycles. The molecule has 2 aromatic heterocycles. The number of halogens is 1. The molecule has 4 aromatic rings. The van der Waals surface area contributed by atoms with Gasteiger partial charge in [0.25, 0.3) is 0 Å². The molecule has 0 saturated heterocycles. The van der Waals surface area contributed by atoms with Crippen LogP contribution in [0, 0.1) is 0 Å². The van der Waals surface area contributed by atoms with Gasteiger partial charge in [-0.3, -0.25) is 4.90 Å². The average molecular weight is 522 g/mol. The van der Waals surface area contributed by atoms with Gasteiger partial charge in [-0.1, -0.05) is 17.7 Å². The first kappa shape index (κ1) is 24.9. The van der Waals surface area contributed by atoms with Gasteiger partial charge in [-0.2, -0.15) is 0 Å². The van der Waals surface area contributed by atoms with Crippen LogP contribution in [-0.2, 0) is 17.7 Å². The summed E-state index contributed by atoms with van der Waals surface area (Å²) in [5, 5.41) is 13.1. The molecule has 0 saturated carbocycles. The van der Waals surface area contributed by atoms with E-state index in [9.17, 15) is 9.90 Å². The quantitative estimate of drug-likeness (QED) is 0.325. The van der Waals surface area contributed by atoms with Crippen LogP contribution < -0.4 is 15.0 Å². The first-order chi connectivity index (χ1) is 17.7. The summed E-state index contributed by atoms with van der Waals surface area (Å²) in [5.74, 6) is 1.65. The molecule has 0 bridgehead atoms. The number of aliphatic hydroxyl groups excluding tert-OH is 1. The summed E-state index contributed by atoms with van der Waals surface area (Å²) in [6.07, 6.45) is 3.74. The number of nitrogens with zero attached hydrogens (tertiary/aromatic N) is 4. The van der Waals surface area contributed by atoms with Crippen LogP contribution in [-0.4, -0.2) is 44.5 Å². The predicted octanol–water partition coefficient (Wildman–Crippen LogP) is 5.91. The molecule has 1 aliphatic rings. The minimum absolute atomic E-state index is 0.00814. The van der Waals surface area contributed by atoms with Crippen molar-refractivity contribution in [3.63, 3.8) is 0 Å². The first-order valence-corrected chi connectivity index (χ1v) is 12.4. The summed E-state index contributed by atoms with van der Waals surface area (Å²) < 4.78 is 13.5. The van der Waals surface area contributed by atoms with Gasteiger partial charge < -0.3 is 24.5 Å². The maximum atomic E-state index is 12.7. The molecule has 0 unspecified atom stereocenters. The van der Waals surface area contributed by atoms with E-state index in [1.54, 1.807) is 17.0 Å². The van der Waals surface area contributed by atoms with Gasteiger partial charge in [0.2, 0.25) is 0 Å². The lowest BCUT2D eigenvalue weighted by Crippen LogP contribution is -2.35. The summed E-state index contributed by atoms with van der Waals surface area (Å²) >= 11 is 6.57. The number of nitrogens with one attached hydrogen (secondary N) is 1. The van der Waals surface area contributed by atoms with Gasteiger partial charge in [0.05, 0.1) is 22.8 Å². The second kappa shape index (κ2) is 9.91. The molecule has 37 heavy (non-hydrogen) atoms. The zero-order valence-corrected chi connectivity index (χ0v) is 21.6. The molecule has 0 radical (unpaired) electrons. The molecule has 5 rings (SSSR count). The van der Waals surface area contributed by atoms with Crippen LogP contribution in [0.3, 0.4) is 0 Å². The highest BCUT2D eigenvalue weighted by Crippen LogP contribution is 2.37. The van der Waals surface area contributed by atoms with Crippen molar-refractivity contribution in [2.45, 2.75) is 39.3 Å². The van der Waals surface area contributed by atoms with Crippen molar-refractivity contribution in [3.8, 4) is 11.5 Å². The molecule has 1 amide bonds. The Kier molecular flexibility index (Phi) is 6.66. The van der Waals surface area contributed by atoms with Crippen LogP contribution in [0.5, 0.6) is 11.5 Å². The van der Waals surface area contributed by atoms with Crippen molar-refractivity contribution in [2.24, 2.45) is 0 Å². The Morgan fingerprint density at radius 1 is 1.16 bits per heavy atom.